The lowest BCUT2D eigenvalue weighted by Gasteiger charge is -2.22. The molecular weight excluding hydrogens is 298 g/mol. The lowest BCUT2D eigenvalue weighted by Crippen LogP contribution is -2.37. The standard InChI is InChI=1S/C17H17NO3S/c1-13(2)17(19)18(15-9-5-4-6-10-15)22(20,21)16-11-7-8-14(3)12-16/h4-12H,1H2,2-3H3. The molecule has 0 aliphatic heterocycles. The van der Waals surface area contributed by atoms with Crippen LogP contribution in [0.15, 0.2) is 71.6 Å². The predicted octanol–water partition coefficient (Wildman–Crippen LogP) is 3.29. The molecule has 5 heteroatoms. The Morgan fingerprint density at radius 3 is 2.23 bits per heavy atom. The average molecular weight is 315 g/mol. The fraction of sp³-hybridized carbons (Fsp3) is 0.118. The highest BCUT2D eigenvalue weighted by Gasteiger charge is 2.31. The molecule has 0 saturated carbocycles. The van der Waals surface area contributed by atoms with Crippen LogP contribution in [0.5, 0.6) is 0 Å². The first-order chi connectivity index (χ1) is 10.3. The van der Waals surface area contributed by atoms with Crippen molar-refractivity contribution in [2.24, 2.45) is 0 Å². The van der Waals surface area contributed by atoms with Crippen LogP contribution in [0.25, 0.3) is 0 Å². The minimum Gasteiger partial charge on any atom is -0.268 e. The van der Waals surface area contributed by atoms with E-state index in [-0.39, 0.29) is 16.2 Å². The largest absolute Gasteiger partial charge is 0.271 e. The minimum atomic E-state index is -4.00. The second-order valence-electron chi connectivity index (χ2n) is 5.01. The van der Waals surface area contributed by atoms with Gasteiger partial charge in [-0.3, -0.25) is 4.79 Å². The van der Waals surface area contributed by atoms with Gasteiger partial charge >= 0.3 is 0 Å². The number of benzene rings is 2. The molecule has 1 amide bonds. The molecule has 0 atom stereocenters. The molecule has 0 bridgehead atoms. The van der Waals surface area contributed by atoms with Gasteiger partial charge in [0.05, 0.1) is 10.6 Å². The van der Waals surface area contributed by atoms with Gasteiger partial charge in [-0.15, -0.1) is 0 Å². The maximum absolute atomic E-state index is 12.9. The third kappa shape index (κ3) is 3.09. The van der Waals surface area contributed by atoms with Gasteiger partial charge in [-0.2, -0.15) is 4.31 Å². The molecule has 0 saturated heterocycles. The number of rotatable bonds is 4. The average Bonchev–Trinajstić information content (AvgIpc) is 2.48. The zero-order valence-electron chi connectivity index (χ0n) is 12.5. The fourth-order valence-electron chi connectivity index (χ4n) is 1.98. The van der Waals surface area contributed by atoms with E-state index in [4.69, 9.17) is 0 Å². The van der Waals surface area contributed by atoms with Gasteiger partial charge in [0.25, 0.3) is 15.9 Å². The number of anilines is 1. The first kappa shape index (κ1) is 16.0. The molecule has 2 aromatic carbocycles. The maximum atomic E-state index is 12.9. The number of hydrogen-bond acceptors (Lipinski definition) is 3. The Labute approximate surface area is 130 Å². The zero-order chi connectivity index (χ0) is 16.3. The molecule has 2 aromatic rings. The van der Waals surface area contributed by atoms with Crippen LogP contribution in [0.3, 0.4) is 0 Å². The van der Waals surface area contributed by atoms with Crippen molar-refractivity contribution in [3.8, 4) is 0 Å². The van der Waals surface area contributed by atoms with E-state index in [1.165, 1.54) is 19.1 Å². The summed E-state index contributed by atoms with van der Waals surface area (Å²) >= 11 is 0. The van der Waals surface area contributed by atoms with E-state index in [1.54, 1.807) is 49.4 Å². The third-order valence-corrected chi connectivity index (χ3v) is 4.78. The summed E-state index contributed by atoms with van der Waals surface area (Å²) in [6.45, 7) is 6.86. The highest BCUT2D eigenvalue weighted by Crippen LogP contribution is 2.25. The van der Waals surface area contributed by atoms with Gasteiger partial charge < -0.3 is 0 Å². The van der Waals surface area contributed by atoms with Crippen LogP contribution in [-0.2, 0) is 14.8 Å². The summed E-state index contributed by atoms with van der Waals surface area (Å²) < 4.78 is 26.6. The van der Waals surface area contributed by atoms with E-state index in [0.29, 0.717) is 0 Å². The molecule has 0 aliphatic carbocycles. The summed E-state index contributed by atoms with van der Waals surface area (Å²) in [4.78, 5) is 12.5. The van der Waals surface area contributed by atoms with E-state index in [2.05, 4.69) is 6.58 Å². The summed E-state index contributed by atoms with van der Waals surface area (Å²) in [6.07, 6.45) is 0. The number of hydrogen-bond donors (Lipinski definition) is 0. The maximum Gasteiger partial charge on any atom is 0.271 e. The quantitative estimate of drug-likeness (QED) is 0.814. The second-order valence-corrected chi connectivity index (χ2v) is 6.79. The summed E-state index contributed by atoms with van der Waals surface area (Å²) in [5.41, 5.74) is 1.24. The number of nitrogens with zero attached hydrogens (tertiary/aromatic N) is 1. The first-order valence-corrected chi connectivity index (χ1v) is 8.15. The zero-order valence-corrected chi connectivity index (χ0v) is 13.3. The van der Waals surface area contributed by atoms with Crippen LogP contribution in [0.4, 0.5) is 5.69 Å². The van der Waals surface area contributed by atoms with Gasteiger partial charge in [0.2, 0.25) is 0 Å². The summed E-state index contributed by atoms with van der Waals surface area (Å²) in [5.74, 6) is -0.646. The lowest BCUT2D eigenvalue weighted by molar-refractivity contribution is -0.113. The molecule has 0 aromatic heterocycles. The Morgan fingerprint density at radius 2 is 1.68 bits per heavy atom. The predicted molar refractivity (Wildman–Crippen MR) is 87.1 cm³/mol. The van der Waals surface area contributed by atoms with E-state index < -0.39 is 15.9 Å². The van der Waals surface area contributed by atoms with Crippen LogP contribution in [-0.4, -0.2) is 14.3 Å². The van der Waals surface area contributed by atoms with Gasteiger partial charge in [-0.1, -0.05) is 36.9 Å². The van der Waals surface area contributed by atoms with Crippen LogP contribution in [0.1, 0.15) is 12.5 Å². The van der Waals surface area contributed by atoms with Crippen molar-refractivity contribution in [1.29, 1.82) is 0 Å². The van der Waals surface area contributed by atoms with Gasteiger partial charge in [0.15, 0.2) is 0 Å². The lowest BCUT2D eigenvalue weighted by atomic mass is 10.2. The van der Waals surface area contributed by atoms with Gasteiger partial charge in [-0.05, 0) is 43.7 Å². The summed E-state index contributed by atoms with van der Waals surface area (Å²) in [5, 5.41) is 0. The molecule has 22 heavy (non-hydrogen) atoms. The van der Waals surface area contributed by atoms with Crippen LogP contribution in [0, 0.1) is 6.92 Å². The van der Waals surface area contributed by atoms with E-state index >= 15 is 0 Å². The van der Waals surface area contributed by atoms with Crippen molar-refractivity contribution < 1.29 is 13.2 Å². The molecule has 2 rings (SSSR count). The summed E-state index contributed by atoms with van der Waals surface area (Å²) in [6, 6.07) is 14.7. The highest BCUT2D eigenvalue weighted by molar-refractivity contribution is 7.93. The van der Waals surface area contributed by atoms with Crippen molar-refractivity contribution in [3.63, 3.8) is 0 Å². The molecule has 0 heterocycles. The minimum absolute atomic E-state index is 0.0750. The van der Waals surface area contributed by atoms with E-state index in [9.17, 15) is 13.2 Å². The fourth-order valence-corrected chi connectivity index (χ4v) is 3.55. The topological polar surface area (TPSA) is 54.5 Å². The van der Waals surface area contributed by atoms with E-state index in [1.807, 2.05) is 0 Å². The first-order valence-electron chi connectivity index (χ1n) is 6.71. The van der Waals surface area contributed by atoms with Crippen LogP contribution < -0.4 is 4.31 Å². The second kappa shape index (κ2) is 6.15. The third-order valence-electron chi connectivity index (χ3n) is 3.07. The van der Waals surface area contributed by atoms with Gasteiger partial charge in [0, 0.05) is 5.57 Å². The smallest absolute Gasteiger partial charge is 0.268 e. The molecule has 0 fully saturated rings. The Bertz CT molecular complexity index is 811. The number of sulfonamides is 1. The Kier molecular flexibility index (Phi) is 4.47. The number of amides is 1. The molecular formula is C17H17NO3S. The van der Waals surface area contributed by atoms with Gasteiger partial charge in [0.1, 0.15) is 0 Å². The van der Waals surface area contributed by atoms with Crippen molar-refractivity contribution in [2.75, 3.05) is 4.31 Å². The number of para-hydroxylation sites is 1. The number of carbonyl (C=O) groups is 1. The molecule has 0 spiro atoms. The molecule has 0 radical (unpaired) electrons. The van der Waals surface area contributed by atoms with Crippen molar-refractivity contribution in [1.82, 2.24) is 0 Å². The molecule has 114 valence electrons. The molecule has 0 unspecified atom stereocenters. The Morgan fingerprint density at radius 1 is 1.05 bits per heavy atom. The van der Waals surface area contributed by atoms with Gasteiger partial charge in [-0.25, -0.2) is 8.42 Å². The van der Waals surface area contributed by atoms with Crippen molar-refractivity contribution in [3.05, 3.63) is 72.3 Å². The monoisotopic (exact) mass is 315 g/mol. The van der Waals surface area contributed by atoms with Crippen LogP contribution in [0.2, 0.25) is 0 Å². The number of aryl methyl sites for hydroxylation is 1. The highest BCUT2D eigenvalue weighted by atomic mass is 32.2. The normalized spacial score (nSPS) is 11.0. The Hall–Kier alpha value is -2.40. The SMILES string of the molecule is C=C(C)C(=O)N(c1ccccc1)S(=O)(=O)c1cccc(C)c1. The van der Waals surface area contributed by atoms with Crippen molar-refractivity contribution in [2.45, 2.75) is 18.7 Å². The number of carbonyl (C=O) groups excluding carboxylic acids is 1. The Balaban J connectivity index is 2.63. The van der Waals surface area contributed by atoms with Crippen LogP contribution >= 0.6 is 0 Å². The van der Waals surface area contributed by atoms with E-state index in [0.717, 1.165) is 9.87 Å². The molecule has 0 N–H and O–H groups in total. The molecule has 4 nitrogen and oxygen atoms in total. The summed E-state index contributed by atoms with van der Waals surface area (Å²) in [7, 11) is -4.00. The van der Waals surface area contributed by atoms with Crippen molar-refractivity contribution >= 4 is 21.6 Å². The molecule has 0 aliphatic rings.